The number of urea groups is 1. The van der Waals surface area contributed by atoms with Crippen LogP contribution >= 0.6 is 12.4 Å². The second-order valence-electron chi connectivity index (χ2n) is 7.68. The Bertz CT molecular complexity index is 977. The molecule has 0 atom stereocenters. The highest BCUT2D eigenvalue weighted by Crippen LogP contribution is 2.26. The fourth-order valence-corrected chi connectivity index (χ4v) is 2.63. The van der Waals surface area contributed by atoms with Gasteiger partial charge < -0.3 is 20.9 Å². The molecule has 1 aromatic heterocycles. The fraction of sp³-hybridized carbons (Fsp3) is 0.286. The van der Waals surface area contributed by atoms with E-state index in [9.17, 15) is 4.79 Å². The van der Waals surface area contributed by atoms with Crippen molar-refractivity contribution in [1.29, 1.82) is 0 Å². The van der Waals surface area contributed by atoms with E-state index in [0.717, 1.165) is 22.3 Å². The zero-order valence-electron chi connectivity index (χ0n) is 16.9. The Balaban J connectivity index is 0.00000300. The molecule has 8 heteroatoms. The van der Waals surface area contributed by atoms with Crippen LogP contribution in [0.4, 0.5) is 10.5 Å². The largest absolute Gasteiger partial charge is 0.334 e. The van der Waals surface area contributed by atoms with Crippen molar-refractivity contribution in [1.82, 2.24) is 15.5 Å². The standard InChI is InChI=1S/C21H25N5O2.ClH/c1-13-5-8-16(11-17(13)23-20(27)25-21(2,3)4)19-24-18(26-28-19)15-9-6-14(12-22)7-10-15;/h5-11H,12,22H2,1-4H3,(H2,23,25,27);1H. The Morgan fingerprint density at radius 3 is 2.38 bits per heavy atom. The Morgan fingerprint density at radius 2 is 1.76 bits per heavy atom. The molecule has 0 aliphatic carbocycles. The second-order valence-corrected chi connectivity index (χ2v) is 7.68. The molecule has 1 heterocycles. The molecule has 0 radical (unpaired) electrons. The van der Waals surface area contributed by atoms with Crippen LogP contribution in [0.3, 0.4) is 0 Å². The molecule has 0 saturated heterocycles. The Hall–Kier alpha value is -2.90. The van der Waals surface area contributed by atoms with Crippen LogP contribution in [0.15, 0.2) is 47.0 Å². The number of aryl methyl sites for hydroxylation is 1. The number of anilines is 1. The van der Waals surface area contributed by atoms with Gasteiger partial charge in [-0.25, -0.2) is 4.79 Å². The number of carbonyl (C=O) groups is 1. The molecule has 0 saturated carbocycles. The van der Waals surface area contributed by atoms with Crippen LogP contribution in [0.2, 0.25) is 0 Å². The fourth-order valence-electron chi connectivity index (χ4n) is 2.63. The van der Waals surface area contributed by atoms with Crippen LogP contribution in [0.25, 0.3) is 22.8 Å². The van der Waals surface area contributed by atoms with Crippen LogP contribution < -0.4 is 16.4 Å². The number of hydrogen-bond acceptors (Lipinski definition) is 5. The molecule has 0 unspecified atom stereocenters. The molecule has 29 heavy (non-hydrogen) atoms. The highest BCUT2D eigenvalue weighted by molar-refractivity contribution is 5.91. The summed E-state index contributed by atoms with van der Waals surface area (Å²) in [5, 5.41) is 9.82. The van der Waals surface area contributed by atoms with E-state index in [2.05, 4.69) is 20.8 Å². The third kappa shape index (κ3) is 5.79. The summed E-state index contributed by atoms with van der Waals surface area (Å²) in [6.07, 6.45) is 0. The van der Waals surface area contributed by atoms with Gasteiger partial charge in [0.1, 0.15) is 0 Å². The van der Waals surface area contributed by atoms with E-state index < -0.39 is 0 Å². The maximum atomic E-state index is 12.2. The van der Waals surface area contributed by atoms with Gasteiger partial charge in [-0.2, -0.15) is 4.98 Å². The normalized spacial score (nSPS) is 10.9. The van der Waals surface area contributed by atoms with E-state index in [0.29, 0.717) is 23.9 Å². The van der Waals surface area contributed by atoms with Gasteiger partial charge in [0.2, 0.25) is 5.82 Å². The second kappa shape index (κ2) is 9.07. The van der Waals surface area contributed by atoms with Crippen LogP contribution in [0.5, 0.6) is 0 Å². The van der Waals surface area contributed by atoms with Crippen molar-refractivity contribution in [3.63, 3.8) is 0 Å². The predicted octanol–water partition coefficient (Wildman–Crippen LogP) is 4.51. The first kappa shape index (κ1) is 22.4. The molecule has 0 bridgehead atoms. The molecule has 7 nitrogen and oxygen atoms in total. The zero-order valence-corrected chi connectivity index (χ0v) is 17.8. The minimum Gasteiger partial charge on any atom is -0.334 e. The van der Waals surface area contributed by atoms with Gasteiger partial charge in [0.05, 0.1) is 0 Å². The summed E-state index contributed by atoms with van der Waals surface area (Å²) >= 11 is 0. The molecule has 0 fully saturated rings. The van der Waals surface area contributed by atoms with Crippen molar-refractivity contribution in [2.75, 3.05) is 5.32 Å². The number of halogens is 1. The molecule has 0 aliphatic heterocycles. The smallest absolute Gasteiger partial charge is 0.319 e. The minimum absolute atomic E-state index is 0. The van der Waals surface area contributed by atoms with Gasteiger partial charge >= 0.3 is 6.03 Å². The quantitative estimate of drug-likeness (QED) is 0.581. The average Bonchev–Trinajstić information content (AvgIpc) is 3.12. The van der Waals surface area contributed by atoms with Crippen LogP contribution in [-0.4, -0.2) is 21.7 Å². The molecule has 0 aliphatic rings. The molecule has 3 rings (SSSR count). The lowest BCUT2D eigenvalue weighted by Crippen LogP contribution is -2.43. The SMILES string of the molecule is Cc1ccc(-c2nc(-c3ccc(CN)cc3)no2)cc1NC(=O)NC(C)(C)C.Cl. The third-order valence-corrected chi connectivity index (χ3v) is 4.10. The van der Waals surface area contributed by atoms with Crippen LogP contribution in [-0.2, 0) is 6.54 Å². The lowest BCUT2D eigenvalue weighted by atomic mass is 10.1. The van der Waals surface area contributed by atoms with Gasteiger partial charge in [-0.1, -0.05) is 35.5 Å². The van der Waals surface area contributed by atoms with E-state index >= 15 is 0 Å². The van der Waals surface area contributed by atoms with Crippen molar-refractivity contribution < 1.29 is 9.32 Å². The van der Waals surface area contributed by atoms with Gasteiger partial charge in [-0.3, -0.25) is 0 Å². The van der Waals surface area contributed by atoms with Crippen LogP contribution in [0.1, 0.15) is 31.9 Å². The maximum absolute atomic E-state index is 12.2. The molecular weight excluding hydrogens is 390 g/mol. The first-order valence-corrected chi connectivity index (χ1v) is 9.08. The third-order valence-electron chi connectivity index (χ3n) is 4.10. The highest BCUT2D eigenvalue weighted by atomic mass is 35.5. The molecule has 0 spiro atoms. The van der Waals surface area contributed by atoms with E-state index in [1.54, 1.807) is 0 Å². The lowest BCUT2D eigenvalue weighted by molar-refractivity contribution is 0.244. The van der Waals surface area contributed by atoms with Gasteiger partial charge in [0.15, 0.2) is 0 Å². The van der Waals surface area contributed by atoms with Crippen molar-refractivity contribution in [2.24, 2.45) is 5.73 Å². The maximum Gasteiger partial charge on any atom is 0.319 e. The molecule has 2 aromatic carbocycles. The van der Waals surface area contributed by atoms with Gasteiger partial charge in [0, 0.05) is 28.9 Å². The van der Waals surface area contributed by atoms with Gasteiger partial charge in [-0.05, 0) is 51.0 Å². The number of nitrogens with two attached hydrogens (primary N) is 1. The van der Waals surface area contributed by atoms with Gasteiger partial charge in [-0.15, -0.1) is 12.4 Å². The van der Waals surface area contributed by atoms with E-state index in [4.69, 9.17) is 10.3 Å². The Morgan fingerprint density at radius 1 is 1.10 bits per heavy atom. The van der Waals surface area contributed by atoms with Crippen molar-refractivity contribution in [2.45, 2.75) is 39.8 Å². The van der Waals surface area contributed by atoms with Crippen molar-refractivity contribution in [3.05, 3.63) is 53.6 Å². The molecule has 4 N–H and O–H groups in total. The van der Waals surface area contributed by atoms with E-state index in [1.165, 1.54) is 0 Å². The number of carbonyl (C=O) groups excluding carboxylic acids is 1. The Kier molecular flexibility index (Phi) is 7.00. The van der Waals surface area contributed by atoms with Gasteiger partial charge in [0.25, 0.3) is 5.89 Å². The first-order valence-electron chi connectivity index (χ1n) is 9.08. The van der Waals surface area contributed by atoms with Crippen molar-refractivity contribution in [3.8, 4) is 22.8 Å². The Labute approximate surface area is 176 Å². The van der Waals surface area contributed by atoms with E-state index in [-0.39, 0.29) is 24.0 Å². The number of amides is 2. The van der Waals surface area contributed by atoms with E-state index in [1.807, 2.05) is 70.2 Å². The number of nitrogens with zero attached hydrogens (tertiary/aromatic N) is 2. The number of rotatable bonds is 4. The summed E-state index contributed by atoms with van der Waals surface area (Å²) in [4.78, 5) is 16.7. The number of nitrogens with one attached hydrogen (secondary N) is 2. The number of hydrogen-bond donors (Lipinski definition) is 3. The summed E-state index contributed by atoms with van der Waals surface area (Å²) in [7, 11) is 0. The minimum atomic E-state index is -0.323. The molecule has 2 amide bonds. The summed E-state index contributed by atoms with van der Waals surface area (Å²) in [6.45, 7) is 8.19. The lowest BCUT2D eigenvalue weighted by Gasteiger charge is -2.21. The number of benzene rings is 2. The first-order chi connectivity index (χ1) is 13.2. The summed E-state index contributed by atoms with van der Waals surface area (Å²) < 4.78 is 5.43. The predicted molar refractivity (Wildman–Crippen MR) is 117 cm³/mol. The zero-order chi connectivity index (χ0) is 20.3. The van der Waals surface area contributed by atoms with Crippen molar-refractivity contribution >= 4 is 24.1 Å². The average molecular weight is 416 g/mol. The summed E-state index contributed by atoms with van der Waals surface area (Å²) in [6, 6.07) is 13.1. The topological polar surface area (TPSA) is 106 Å². The molecule has 154 valence electrons. The summed E-state index contributed by atoms with van der Waals surface area (Å²) in [5.41, 5.74) is 9.54. The molecule has 3 aromatic rings. The summed E-state index contributed by atoms with van der Waals surface area (Å²) in [5.74, 6) is 0.885. The highest BCUT2D eigenvalue weighted by Gasteiger charge is 2.16. The molecular formula is C21H26ClN5O2. The number of aromatic nitrogens is 2. The van der Waals surface area contributed by atoms with Crippen LogP contribution in [0, 0.1) is 6.92 Å². The monoisotopic (exact) mass is 415 g/mol.